The summed E-state index contributed by atoms with van der Waals surface area (Å²) < 4.78 is 13.8. The second-order valence-electron chi connectivity index (χ2n) is 6.62. The molecular weight excluding hydrogens is 369 g/mol. The van der Waals surface area contributed by atoms with Crippen LogP contribution in [0, 0.1) is 11.7 Å². The van der Waals surface area contributed by atoms with Crippen LogP contribution in [0.1, 0.15) is 32.6 Å². The number of urea groups is 1. The van der Waals surface area contributed by atoms with Crippen molar-refractivity contribution in [1.29, 1.82) is 0 Å². The number of carbonyl (C=O) groups is 2. The summed E-state index contributed by atoms with van der Waals surface area (Å²) in [5, 5.41) is 12.1. The average Bonchev–Trinajstić information content (AvgIpc) is 3.11. The largest absolute Gasteiger partial charge is 0.335 e. The lowest BCUT2D eigenvalue weighted by atomic mass is 9.86. The second kappa shape index (κ2) is 8.98. The molecule has 3 rings (SSSR count). The van der Waals surface area contributed by atoms with E-state index in [9.17, 15) is 14.0 Å². The first-order valence-corrected chi connectivity index (χ1v) is 9.92. The molecule has 27 heavy (non-hydrogen) atoms. The van der Waals surface area contributed by atoms with Gasteiger partial charge in [0.05, 0.1) is 11.3 Å². The number of imide groups is 1. The molecule has 0 unspecified atom stereocenters. The SMILES string of the molecule is C[C@H]1CCCC[C@@H]1NC(=O)NC(=O)CSc1n[nH]c(-c2ccccc2F)n1. The van der Waals surface area contributed by atoms with Crippen LogP contribution < -0.4 is 10.6 Å². The maximum atomic E-state index is 13.8. The van der Waals surface area contributed by atoms with Gasteiger partial charge in [-0.25, -0.2) is 14.2 Å². The lowest BCUT2D eigenvalue weighted by Gasteiger charge is -2.29. The minimum absolute atomic E-state index is 0.0117. The summed E-state index contributed by atoms with van der Waals surface area (Å²) in [6.45, 7) is 2.11. The van der Waals surface area contributed by atoms with Crippen molar-refractivity contribution in [2.45, 2.75) is 43.8 Å². The molecule has 0 spiro atoms. The molecule has 2 aromatic rings. The number of rotatable bonds is 5. The minimum Gasteiger partial charge on any atom is -0.335 e. The van der Waals surface area contributed by atoms with Crippen LogP contribution >= 0.6 is 11.8 Å². The highest BCUT2D eigenvalue weighted by molar-refractivity contribution is 7.99. The molecule has 1 heterocycles. The molecule has 0 bridgehead atoms. The first-order chi connectivity index (χ1) is 13.0. The van der Waals surface area contributed by atoms with Gasteiger partial charge in [-0.1, -0.05) is 43.7 Å². The molecule has 3 amide bonds. The van der Waals surface area contributed by atoms with Crippen LogP contribution in [0.15, 0.2) is 29.4 Å². The van der Waals surface area contributed by atoms with Gasteiger partial charge in [0.2, 0.25) is 11.1 Å². The number of aromatic amines is 1. The Morgan fingerprint density at radius 1 is 1.30 bits per heavy atom. The van der Waals surface area contributed by atoms with E-state index in [-0.39, 0.29) is 11.8 Å². The summed E-state index contributed by atoms with van der Waals surface area (Å²) >= 11 is 1.07. The fourth-order valence-corrected chi connectivity index (χ4v) is 3.71. The number of nitrogens with one attached hydrogen (secondary N) is 3. The van der Waals surface area contributed by atoms with E-state index in [2.05, 4.69) is 32.7 Å². The van der Waals surface area contributed by atoms with Gasteiger partial charge in [0.1, 0.15) is 5.82 Å². The third-order valence-corrected chi connectivity index (χ3v) is 5.45. The number of nitrogens with zero attached hydrogens (tertiary/aromatic N) is 2. The van der Waals surface area contributed by atoms with E-state index in [1.54, 1.807) is 18.2 Å². The molecule has 2 atom stereocenters. The molecule has 3 N–H and O–H groups in total. The normalized spacial score (nSPS) is 19.5. The zero-order valence-electron chi connectivity index (χ0n) is 15.0. The Hall–Kier alpha value is -2.42. The number of carbonyl (C=O) groups excluding carboxylic acids is 2. The van der Waals surface area contributed by atoms with Crippen LogP contribution in [0.5, 0.6) is 0 Å². The minimum atomic E-state index is -0.471. The van der Waals surface area contributed by atoms with Crippen molar-refractivity contribution in [2.24, 2.45) is 5.92 Å². The van der Waals surface area contributed by atoms with Crippen molar-refractivity contribution in [1.82, 2.24) is 25.8 Å². The van der Waals surface area contributed by atoms with Gasteiger partial charge in [0, 0.05) is 6.04 Å². The molecule has 1 aliphatic rings. The standard InChI is InChI=1S/C18H22FN5O2S/c1-11-6-2-5-9-14(11)20-17(26)21-15(25)10-27-18-22-16(23-24-18)12-7-3-4-8-13(12)19/h3-4,7-8,11,14H,2,5-6,9-10H2,1H3,(H,22,23,24)(H2,20,21,25,26)/t11-,14-/m0/s1. The summed E-state index contributed by atoms with van der Waals surface area (Å²) in [7, 11) is 0. The van der Waals surface area contributed by atoms with Crippen LogP contribution in [0.25, 0.3) is 11.4 Å². The third kappa shape index (κ3) is 5.29. The zero-order valence-corrected chi connectivity index (χ0v) is 15.8. The van der Waals surface area contributed by atoms with Gasteiger partial charge < -0.3 is 5.32 Å². The van der Waals surface area contributed by atoms with Crippen molar-refractivity contribution >= 4 is 23.7 Å². The lowest BCUT2D eigenvalue weighted by molar-refractivity contribution is -0.117. The van der Waals surface area contributed by atoms with E-state index in [0.29, 0.717) is 22.5 Å². The number of hydrogen-bond acceptors (Lipinski definition) is 5. The van der Waals surface area contributed by atoms with Crippen LogP contribution in [-0.2, 0) is 4.79 Å². The lowest BCUT2D eigenvalue weighted by Crippen LogP contribution is -2.48. The Morgan fingerprint density at radius 3 is 2.85 bits per heavy atom. The molecule has 0 radical (unpaired) electrons. The molecular formula is C18H22FN5O2S. The summed E-state index contributed by atoms with van der Waals surface area (Å²) in [5.74, 6) is -0.142. The molecule has 1 saturated carbocycles. The van der Waals surface area contributed by atoms with Crippen molar-refractivity contribution in [3.63, 3.8) is 0 Å². The Morgan fingerprint density at radius 2 is 2.07 bits per heavy atom. The molecule has 1 fully saturated rings. The summed E-state index contributed by atoms with van der Waals surface area (Å²) in [5.41, 5.74) is 0.308. The average molecular weight is 391 g/mol. The van der Waals surface area contributed by atoms with Crippen molar-refractivity contribution in [3.05, 3.63) is 30.1 Å². The van der Waals surface area contributed by atoms with E-state index in [1.165, 1.54) is 12.5 Å². The second-order valence-corrected chi connectivity index (χ2v) is 7.57. The topological polar surface area (TPSA) is 99.8 Å². The van der Waals surface area contributed by atoms with E-state index >= 15 is 0 Å². The summed E-state index contributed by atoms with van der Waals surface area (Å²) in [4.78, 5) is 28.1. The molecule has 0 saturated heterocycles. The van der Waals surface area contributed by atoms with Crippen molar-refractivity contribution in [2.75, 3.05) is 5.75 Å². The quantitative estimate of drug-likeness (QED) is 0.680. The first-order valence-electron chi connectivity index (χ1n) is 8.93. The van der Waals surface area contributed by atoms with E-state index in [4.69, 9.17) is 0 Å². The number of aromatic nitrogens is 3. The molecule has 1 aromatic carbocycles. The van der Waals surface area contributed by atoms with Crippen LogP contribution in [0.3, 0.4) is 0 Å². The molecule has 0 aliphatic heterocycles. The molecule has 7 nitrogen and oxygen atoms in total. The Bertz CT molecular complexity index is 813. The first kappa shape index (κ1) is 19.3. The predicted octanol–water partition coefficient (Wildman–Crippen LogP) is 3.11. The maximum Gasteiger partial charge on any atom is 0.321 e. The van der Waals surface area contributed by atoms with Gasteiger partial charge in [-0.15, -0.1) is 5.10 Å². The van der Waals surface area contributed by atoms with Crippen molar-refractivity contribution in [3.8, 4) is 11.4 Å². The number of H-pyrrole nitrogens is 1. The zero-order chi connectivity index (χ0) is 19.2. The number of benzene rings is 1. The molecule has 9 heteroatoms. The molecule has 1 aliphatic carbocycles. The van der Waals surface area contributed by atoms with Gasteiger partial charge in [-0.3, -0.25) is 15.2 Å². The molecule has 1 aromatic heterocycles. The van der Waals surface area contributed by atoms with Crippen LogP contribution in [0.2, 0.25) is 0 Å². The van der Waals surface area contributed by atoms with Crippen LogP contribution in [0.4, 0.5) is 9.18 Å². The van der Waals surface area contributed by atoms with Gasteiger partial charge in [0.25, 0.3) is 0 Å². The highest BCUT2D eigenvalue weighted by Gasteiger charge is 2.23. The predicted molar refractivity (Wildman–Crippen MR) is 101 cm³/mol. The van der Waals surface area contributed by atoms with Gasteiger partial charge in [0.15, 0.2) is 5.82 Å². The van der Waals surface area contributed by atoms with Gasteiger partial charge in [-0.05, 0) is 30.9 Å². The maximum absolute atomic E-state index is 13.8. The number of halogens is 1. The van der Waals surface area contributed by atoms with Gasteiger partial charge in [-0.2, -0.15) is 0 Å². The smallest absolute Gasteiger partial charge is 0.321 e. The summed E-state index contributed by atoms with van der Waals surface area (Å²) in [6.07, 6.45) is 4.30. The highest BCUT2D eigenvalue weighted by atomic mass is 32.2. The van der Waals surface area contributed by atoms with Crippen LogP contribution in [-0.4, -0.2) is 38.9 Å². The summed E-state index contributed by atoms with van der Waals surface area (Å²) in [6, 6.07) is 5.86. The Kier molecular flexibility index (Phi) is 6.44. The third-order valence-electron chi connectivity index (χ3n) is 4.61. The Balaban J connectivity index is 1.47. The fourth-order valence-electron chi connectivity index (χ4n) is 3.11. The number of hydrogen-bond donors (Lipinski definition) is 3. The Labute approximate surface area is 160 Å². The van der Waals surface area contributed by atoms with Gasteiger partial charge >= 0.3 is 6.03 Å². The number of amides is 3. The van der Waals surface area contributed by atoms with Crippen molar-refractivity contribution < 1.29 is 14.0 Å². The molecule has 144 valence electrons. The highest BCUT2D eigenvalue weighted by Crippen LogP contribution is 2.24. The van der Waals surface area contributed by atoms with E-state index < -0.39 is 17.8 Å². The number of thioether (sulfide) groups is 1. The van der Waals surface area contributed by atoms with E-state index in [1.807, 2.05) is 0 Å². The fraction of sp³-hybridized carbons (Fsp3) is 0.444. The van der Waals surface area contributed by atoms with E-state index in [0.717, 1.165) is 31.0 Å². The monoisotopic (exact) mass is 391 g/mol.